The van der Waals surface area contributed by atoms with Gasteiger partial charge in [-0.15, -0.1) is 0 Å². The molecule has 0 aliphatic carbocycles. The van der Waals surface area contributed by atoms with E-state index in [2.05, 4.69) is 15.6 Å². The molecule has 0 saturated carbocycles. The molecule has 1 heterocycles. The van der Waals surface area contributed by atoms with Gasteiger partial charge in [-0.3, -0.25) is 5.10 Å². The molecule has 0 fully saturated rings. The van der Waals surface area contributed by atoms with Crippen LogP contribution in [0.15, 0.2) is 18.5 Å². The van der Waals surface area contributed by atoms with Gasteiger partial charge in [-0.1, -0.05) is 11.6 Å². The van der Waals surface area contributed by atoms with Crippen molar-refractivity contribution in [3.8, 4) is 11.5 Å². The summed E-state index contributed by atoms with van der Waals surface area (Å²) in [5.41, 5.74) is 4.05. The zero-order valence-corrected chi connectivity index (χ0v) is 12.7. The van der Waals surface area contributed by atoms with Gasteiger partial charge < -0.3 is 14.9 Å². The van der Waals surface area contributed by atoms with Crippen molar-refractivity contribution in [3.63, 3.8) is 0 Å². The number of aromatic amines is 1. The lowest BCUT2D eigenvalue weighted by Crippen LogP contribution is -2.13. The fourth-order valence-electron chi connectivity index (χ4n) is 1.72. The number of nitrogens with zero attached hydrogens (tertiary/aromatic N) is 2. The molecule has 2 aromatic rings. The monoisotopic (exact) mass is 314 g/mol. The van der Waals surface area contributed by atoms with Gasteiger partial charge in [0, 0.05) is 0 Å². The first-order valence-corrected chi connectivity index (χ1v) is 6.79. The van der Waals surface area contributed by atoms with Crippen molar-refractivity contribution in [1.29, 1.82) is 0 Å². The maximum atomic E-state index is 6.18. The van der Waals surface area contributed by atoms with E-state index < -0.39 is 0 Å². The quantitative estimate of drug-likeness (QED) is 0.803. The number of halogens is 1. The Morgan fingerprint density at radius 3 is 2.90 bits per heavy atom. The van der Waals surface area contributed by atoms with Crippen LogP contribution in [0, 0.1) is 4.77 Å². The maximum absolute atomic E-state index is 6.18. The van der Waals surface area contributed by atoms with Crippen molar-refractivity contribution >= 4 is 23.8 Å². The summed E-state index contributed by atoms with van der Waals surface area (Å²) in [6.45, 7) is 2.97. The van der Waals surface area contributed by atoms with Crippen LogP contribution < -0.4 is 14.9 Å². The van der Waals surface area contributed by atoms with Gasteiger partial charge in [0.15, 0.2) is 11.5 Å². The predicted octanol–water partition coefficient (Wildman–Crippen LogP) is 2.75. The zero-order chi connectivity index (χ0) is 14.5. The Balaban J connectivity index is 2.20. The molecule has 0 atom stereocenters. The lowest BCUT2D eigenvalue weighted by atomic mass is 10.2. The van der Waals surface area contributed by atoms with Crippen molar-refractivity contribution in [2.75, 3.05) is 19.1 Å². The van der Waals surface area contributed by atoms with Crippen LogP contribution in [0.5, 0.6) is 11.5 Å². The van der Waals surface area contributed by atoms with Crippen molar-refractivity contribution in [2.24, 2.45) is 0 Å². The Morgan fingerprint density at radius 1 is 1.50 bits per heavy atom. The Labute approximate surface area is 126 Å². The van der Waals surface area contributed by atoms with Crippen LogP contribution >= 0.6 is 23.8 Å². The van der Waals surface area contributed by atoms with Crippen LogP contribution in [0.25, 0.3) is 0 Å². The number of ether oxygens (including phenoxy) is 2. The SMILES string of the molecule is CCOc1cc(CNn2cn[nH]c2=S)cc(Cl)c1OC. The molecule has 6 nitrogen and oxygen atoms in total. The molecule has 108 valence electrons. The molecule has 2 rings (SSSR count). The second kappa shape index (κ2) is 6.62. The first kappa shape index (κ1) is 14.7. The lowest BCUT2D eigenvalue weighted by molar-refractivity contribution is 0.310. The van der Waals surface area contributed by atoms with Gasteiger partial charge in [0.2, 0.25) is 4.77 Å². The summed E-state index contributed by atoms with van der Waals surface area (Å²) in [5.74, 6) is 1.16. The largest absolute Gasteiger partial charge is 0.491 e. The molecular weight excluding hydrogens is 300 g/mol. The van der Waals surface area contributed by atoms with E-state index in [9.17, 15) is 0 Å². The van der Waals surface area contributed by atoms with Gasteiger partial charge in [-0.05, 0) is 36.8 Å². The summed E-state index contributed by atoms with van der Waals surface area (Å²) in [4.78, 5) is 0. The van der Waals surface area contributed by atoms with Gasteiger partial charge in [0.25, 0.3) is 0 Å². The highest BCUT2D eigenvalue weighted by Gasteiger charge is 2.11. The van der Waals surface area contributed by atoms with Crippen molar-refractivity contribution in [1.82, 2.24) is 14.9 Å². The van der Waals surface area contributed by atoms with E-state index in [-0.39, 0.29) is 0 Å². The molecule has 0 saturated heterocycles. The van der Waals surface area contributed by atoms with E-state index in [1.54, 1.807) is 18.1 Å². The molecule has 8 heteroatoms. The minimum Gasteiger partial charge on any atom is -0.491 e. The molecule has 0 bridgehead atoms. The lowest BCUT2D eigenvalue weighted by Gasteiger charge is -2.13. The molecule has 0 spiro atoms. The Kier molecular flexibility index (Phi) is 4.86. The molecule has 20 heavy (non-hydrogen) atoms. The average molecular weight is 315 g/mol. The zero-order valence-electron chi connectivity index (χ0n) is 11.1. The third-order valence-electron chi connectivity index (χ3n) is 2.58. The summed E-state index contributed by atoms with van der Waals surface area (Å²) < 4.78 is 12.9. The average Bonchev–Trinajstić information content (AvgIpc) is 2.82. The number of rotatable bonds is 6. The first-order valence-electron chi connectivity index (χ1n) is 6.00. The number of H-pyrrole nitrogens is 1. The third-order valence-corrected chi connectivity index (χ3v) is 3.15. The van der Waals surface area contributed by atoms with Gasteiger partial charge in [0.05, 0.1) is 25.3 Å². The highest BCUT2D eigenvalue weighted by Crippen LogP contribution is 2.36. The molecule has 0 aliphatic rings. The van der Waals surface area contributed by atoms with Crippen LogP contribution in [0.3, 0.4) is 0 Å². The van der Waals surface area contributed by atoms with E-state index in [4.69, 9.17) is 33.3 Å². The smallest absolute Gasteiger partial charge is 0.214 e. The number of benzene rings is 1. The van der Waals surface area contributed by atoms with E-state index >= 15 is 0 Å². The molecular formula is C12H15ClN4O2S. The van der Waals surface area contributed by atoms with Crippen LogP contribution in [0.2, 0.25) is 5.02 Å². The number of hydrogen-bond acceptors (Lipinski definition) is 5. The molecule has 1 aromatic heterocycles. The highest BCUT2D eigenvalue weighted by molar-refractivity contribution is 7.71. The van der Waals surface area contributed by atoms with Gasteiger partial charge in [-0.25, -0.2) is 4.68 Å². The van der Waals surface area contributed by atoms with E-state index in [0.29, 0.717) is 34.4 Å². The second-order valence-corrected chi connectivity index (χ2v) is 4.70. The van der Waals surface area contributed by atoms with E-state index in [0.717, 1.165) is 5.56 Å². The van der Waals surface area contributed by atoms with Crippen LogP contribution in [0.4, 0.5) is 0 Å². The summed E-state index contributed by atoms with van der Waals surface area (Å²) in [7, 11) is 1.56. The number of nitrogens with one attached hydrogen (secondary N) is 2. The Morgan fingerprint density at radius 2 is 2.30 bits per heavy atom. The Bertz CT molecular complexity index is 641. The number of aromatic nitrogens is 3. The fraction of sp³-hybridized carbons (Fsp3) is 0.333. The van der Waals surface area contributed by atoms with E-state index in [1.165, 1.54) is 0 Å². The van der Waals surface area contributed by atoms with Crippen LogP contribution in [0.1, 0.15) is 12.5 Å². The molecule has 0 aliphatic heterocycles. The molecule has 0 unspecified atom stereocenters. The minimum atomic E-state index is 0.495. The molecule has 0 amide bonds. The molecule has 0 radical (unpaired) electrons. The minimum absolute atomic E-state index is 0.495. The Hall–Kier alpha value is -1.73. The van der Waals surface area contributed by atoms with Crippen molar-refractivity contribution in [3.05, 3.63) is 33.8 Å². The predicted molar refractivity (Wildman–Crippen MR) is 79.6 cm³/mol. The van der Waals surface area contributed by atoms with Crippen LogP contribution in [-0.4, -0.2) is 28.6 Å². The fourth-order valence-corrected chi connectivity index (χ4v) is 2.20. The molecule has 2 N–H and O–H groups in total. The summed E-state index contributed by atoms with van der Waals surface area (Å²) in [6.07, 6.45) is 1.57. The standard InChI is InChI=1S/C12H15ClN4O2S/c1-3-19-10-5-8(4-9(13)11(10)18-2)6-15-17-7-14-16-12(17)20/h4-5,7,15H,3,6H2,1-2H3,(H,16,20). The van der Waals surface area contributed by atoms with Crippen molar-refractivity contribution < 1.29 is 9.47 Å². The summed E-state index contributed by atoms with van der Waals surface area (Å²) in [5, 5.41) is 6.99. The van der Waals surface area contributed by atoms with Crippen molar-refractivity contribution in [2.45, 2.75) is 13.5 Å². The van der Waals surface area contributed by atoms with Gasteiger partial charge in [-0.2, -0.15) is 5.10 Å². The third kappa shape index (κ3) is 3.23. The van der Waals surface area contributed by atoms with E-state index in [1.807, 2.05) is 19.1 Å². The molecule has 1 aromatic carbocycles. The van der Waals surface area contributed by atoms with Crippen LogP contribution in [-0.2, 0) is 6.54 Å². The van der Waals surface area contributed by atoms with Gasteiger partial charge >= 0.3 is 0 Å². The topological polar surface area (TPSA) is 64.1 Å². The summed E-state index contributed by atoms with van der Waals surface area (Å²) in [6, 6.07) is 3.70. The number of hydrogen-bond donors (Lipinski definition) is 2. The number of methoxy groups -OCH3 is 1. The summed E-state index contributed by atoms with van der Waals surface area (Å²) >= 11 is 11.2. The second-order valence-electron chi connectivity index (χ2n) is 3.91. The maximum Gasteiger partial charge on any atom is 0.214 e. The highest BCUT2D eigenvalue weighted by atomic mass is 35.5. The first-order chi connectivity index (χ1) is 9.65. The van der Waals surface area contributed by atoms with Gasteiger partial charge in [0.1, 0.15) is 6.33 Å². The normalized spacial score (nSPS) is 10.3.